The Morgan fingerprint density at radius 1 is 1.80 bits per heavy atom. The van der Waals surface area contributed by atoms with Crippen LogP contribution in [0.15, 0.2) is 4.79 Å². The normalized spacial score (nSPS) is 9.30. The van der Waals surface area contributed by atoms with Gasteiger partial charge in [-0.2, -0.15) is 9.22 Å². The molecular weight excluding hydrogens is 172 g/mol. The fourth-order valence-corrected chi connectivity index (χ4v) is 1.43. The maximum absolute atomic E-state index is 10.9. The molecule has 1 rings (SSSR count). The molecule has 0 aliphatic rings. The maximum Gasteiger partial charge on any atom is 0.278 e. The first kappa shape index (κ1) is 7.32. The molecule has 52 valence electrons. The zero-order valence-electron chi connectivity index (χ0n) is 5.09. The molecule has 0 amide bonds. The van der Waals surface area contributed by atoms with Gasteiger partial charge in [0.25, 0.3) is 5.56 Å². The molecule has 0 N–H and O–H groups in total. The van der Waals surface area contributed by atoms with Crippen molar-refractivity contribution in [2.75, 3.05) is 0 Å². The summed E-state index contributed by atoms with van der Waals surface area (Å²) in [4.78, 5) is 10.9. The van der Waals surface area contributed by atoms with E-state index in [4.69, 9.17) is 16.9 Å². The monoisotopic (exact) mass is 174 g/mol. The zero-order valence-corrected chi connectivity index (χ0v) is 6.66. The Morgan fingerprint density at radius 3 is 2.60 bits per heavy atom. The van der Waals surface area contributed by atoms with Crippen LogP contribution >= 0.6 is 23.1 Å². The van der Waals surface area contributed by atoms with Crippen molar-refractivity contribution in [2.24, 2.45) is 0 Å². The predicted octanol–water partition coefficient (Wildman–Crippen LogP) is 1.20. The number of rotatable bonds is 0. The van der Waals surface area contributed by atoms with Crippen molar-refractivity contribution in [3.63, 3.8) is 0 Å². The van der Waals surface area contributed by atoms with Gasteiger partial charge in [-0.25, -0.2) is 0 Å². The summed E-state index contributed by atoms with van der Waals surface area (Å²) in [6.07, 6.45) is 1.70. The number of nitriles is 1. The summed E-state index contributed by atoms with van der Waals surface area (Å²) in [6, 6.07) is 0. The van der Waals surface area contributed by atoms with E-state index in [-0.39, 0.29) is 5.56 Å². The van der Waals surface area contributed by atoms with E-state index in [0.29, 0.717) is 9.90 Å². The summed E-state index contributed by atoms with van der Waals surface area (Å²) in [5.74, 6) is 0. The molecule has 0 unspecified atom stereocenters. The number of nitrogens with zero attached hydrogens (tertiary/aromatic N) is 2. The second-order valence-corrected chi connectivity index (χ2v) is 3.25. The minimum absolute atomic E-state index is 0.322. The molecular formula is C5H3ClN2OS. The van der Waals surface area contributed by atoms with Gasteiger partial charge in [0.1, 0.15) is 4.34 Å². The first-order valence-corrected chi connectivity index (χ1v) is 3.60. The molecule has 5 heteroatoms. The lowest BCUT2D eigenvalue weighted by Crippen LogP contribution is -2.10. The lowest BCUT2D eigenvalue weighted by atomic mass is 10.4. The van der Waals surface area contributed by atoms with E-state index in [0.717, 1.165) is 15.5 Å². The largest absolute Gasteiger partial charge is 0.278 e. The molecule has 0 fully saturated rings. The fraction of sp³-hybridized carbons (Fsp3) is 0.200. The number of aromatic nitrogens is 1. The molecule has 0 radical (unpaired) electrons. The third-order valence-corrected chi connectivity index (χ3v) is 2.45. The Hall–Kier alpha value is -0.790. The molecule has 0 aliphatic carbocycles. The second kappa shape index (κ2) is 2.45. The highest BCUT2D eigenvalue weighted by molar-refractivity contribution is 7.11. The van der Waals surface area contributed by atoms with Crippen LogP contribution in [0.3, 0.4) is 0 Å². The highest BCUT2D eigenvalue weighted by Crippen LogP contribution is 2.16. The third-order valence-electron chi connectivity index (χ3n) is 1.06. The van der Waals surface area contributed by atoms with E-state index in [1.54, 1.807) is 13.1 Å². The van der Waals surface area contributed by atoms with E-state index in [1.165, 1.54) is 0 Å². The van der Waals surface area contributed by atoms with E-state index >= 15 is 0 Å². The Morgan fingerprint density at radius 2 is 2.40 bits per heavy atom. The number of halogens is 1. The van der Waals surface area contributed by atoms with Crippen LogP contribution in [0.25, 0.3) is 0 Å². The minimum Gasteiger partial charge on any atom is -0.267 e. The molecule has 10 heavy (non-hydrogen) atoms. The van der Waals surface area contributed by atoms with Crippen LogP contribution in [-0.4, -0.2) is 3.96 Å². The minimum atomic E-state index is -0.322. The standard InChI is InChI=1S/C5H3ClN2OS/c1-3-4(6)10-8(2-7)5(3)9/h1H3. The summed E-state index contributed by atoms with van der Waals surface area (Å²) >= 11 is 6.51. The molecule has 0 bridgehead atoms. The van der Waals surface area contributed by atoms with Gasteiger partial charge in [0, 0.05) is 5.56 Å². The highest BCUT2D eigenvalue weighted by atomic mass is 35.5. The zero-order chi connectivity index (χ0) is 7.72. The number of hydrogen-bond donors (Lipinski definition) is 0. The number of hydrogen-bond acceptors (Lipinski definition) is 3. The topological polar surface area (TPSA) is 45.8 Å². The Balaban J connectivity index is 3.50. The van der Waals surface area contributed by atoms with Gasteiger partial charge in [0.05, 0.1) is 0 Å². The Kier molecular flexibility index (Phi) is 1.79. The Bertz CT molecular complexity index is 346. The molecule has 1 heterocycles. The van der Waals surface area contributed by atoms with E-state index in [2.05, 4.69) is 0 Å². The third kappa shape index (κ3) is 0.939. The summed E-state index contributed by atoms with van der Waals surface area (Å²) in [6.45, 7) is 1.59. The van der Waals surface area contributed by atoms with Gasteiger partial charge in [0.2, 0.25) is 6.19 Å². The van der Waals surface area contributed by atoms with E-state index < -0.39 is 0 Å². The van der Waals surface area contributed by atoms with Crippen molar-refractivity contribution < 1.29 is 0 Å². The lowest BCUT2D eigenvalue weighted by molar-refractivity contribution is 1.13. The molecule has 0 aliphatic heterocycles. The van der Waals surface area contributed by atoms with Crippen molar-refractivity contribution >= 4 is 23.1 Å². The predicted molar refractivity (Wildman–Crippen MR) is 39.3 cm³/mol. The van der Waals surface area contributed by atoms with Crippen LogP contribution in [0.4, 0.5) is 0 Å². The van der Waals surface area contributed by atoms with Crippen molar-refractivity contribution in [3.05, 3.63) is 20.3 Å². The van der Waals surface area contributed by atoms with Gasteiger partial charge in [0.15, 0.2) is 0 Å². The highest BCUT2D eigenvalue weighted by Gasteiger charge is 2.06. The first-order valence-electron chi connectivity index (χ1n) is 2.45. The summed E-state index contributed by atoms with van der Waals surface area (Å²) < 4.78 is 1.32. The maximum atomic E-state index is 10.9. The van der Waals surface area contributed by atoms with Crippen LogP contribution in [-0.2, 0) is 0 Å². The van der Waals surface area contributed by atoms with Gasteiger partial charge in [-0.3, -0.25) is 4.79 Å². The molecule has 0 aromatic carbocycles. The van der Waals surface area contributed by atoms with Gasteiger partial charge in [-0.05, 0) is 18.5 Å². The van der Waals surface area contributed by atoms with Crippen molar-refractivity contribution in [1.29, 1.82) is 5.26 Å². The van der Waals surface area contributed by atoms with Crippen molar-refractivity contribution in [1.82, 2.24) is 3.96 Å². The molecule has 0 atom stereocenters. The van der Waals surface area contributed by atoms with Gasteiger partial charge >= 0.3 is 0 Å². The average molecular weight is 175 g/mol. The van der Waals surface area contributed by atoms with Crippen LogP contribution < -0.4 is 5.56 Å². The summed E-state index contributed by atoms with van der Waals surface area (Å²) in [5.41, 5.74) is 0.116. The smallest absolute Gasteiger partial charge is 0.267 e. The molecule has 0 saturated heterocycles. The summed E-state index contributed by atoms with van der Waals surface area (Å²) in [7, 11) is 0. The van der Waals surface area contributed by atoms with Crippen LogP contribution in [0.2, 0.25) is 4.34 Å². The SMILES string of the molecule is Cc1c(Cl)sn(C#N)c1=O. The molecule has 1 aromatic heterocycles. The van der Waals surface area contributed by atoms with Crippen molar-refractivity contribution in [2.45, 2.75) is 6.92 Å². The van der Waals surface area contributed by atoms with E-state index in [9.17, 15) is 4.79 Å². The van der Waals surface area contributed by atoms with Gasteiger partial charge in [-0.15, -0.1) is 0 Å². The molecule has 3 nitrogen and oxygen atoms in total. The fourth-order valence-electron chi connectivity index (χ4n) is 0.492. The average Bonchev–Trinajstić information content (AvgIpc) is 2.17. The van der Waals surface area contributed by atoms with Crippen LogP contribution in [0.5, 0.6) is 0 Å². The lowest BCUT2D eigenvalue weighted by Gasteiger charge is -1.74. The second-order valence-electron chi connectivity index (χ2n) is 1.69. The quantitative estimate of drug-likeness (QED) is 0.594. The van der Waals surface area contributed by atoms with Crippen LogP contribution in [0, 0.1) is 18.4 Å². The van der Waals surface area contributed by atoms with Gasteiger partial charge in [-0.1, -0.05) is 11.6 Å². The van der Waals surface area contributed by atoms with Crippen LogP contribution in [0.1, 0.15) is 5.56 Å². The molecule has 1 aromatic rings. The first-order chi connectivity index (χ1) is 4.66. The molecule has 0 spiro atoms. The molecule has 0 saturated carbocycles. The van der Waals surface area contributed by atoms with E-state index in [1.807, 2.05) is 0 Å². The van der Waals surface area contributed by atoms with Gasteiger partial charge < -0.3 is 0 Å². The summed E-state index contributed by atoms with van der Waals surface area (Å²) in [5, 5.41) is 8.32. The Labute approximate surface area is 66.2 Å². The van der Waals surface area contributed by atoms with Crippen molar-refractivity contribution in [3.8, 4) is 6.19 Å².